The molecule has 1 amide bonds. The molecule has 8 nitrogen and oxygen atoms in total. The Morgan fingerprint density at radius 3 is 1.35 bits per heavy atom. The average molecular weight is 447 g/mol. The fourth-order valence-corrected chi connectivity index (χ4v) is 3.66. The molecule has 0 spiro atoms. The van der Waals surface area contributed by atoms with E-state index in [4.69, 9.17) is 10.8 Å². The van der Waals surface area contributed by atoms with Crippen molar-refractivity contribution in [2.45, 2.75) is 0 Å². The first kappa shape index (κ1) is 20.9. The fraction of sp³-hybridized carbons (Fsp3) is 0. The summed E-state index contributed by atoms with van der Waals surface area (Å²) in [4.78, 5) is 40.0. The van der Waals surface area contributed by atoms with Crippen molar-refractivity contribution in [2.75, 3.05) is 0 Å². The van der Waals surface area contributed by atoms with Crippen LogP contribution in [-0.2, 0) is 0 Å². The van der Waals surface area contributed by atoms with Crippen molar-refractivity contribution >= 4 is 56.0 Å². The van der Waals surface area contributed by atoms with Gasteiger partial charge in [0.1, 0.15) is 11.0 Å². The first-order valence-electron chi connectivity index (χ1n) is 10.4. The van der Waals surface area contributed by atoms with Gasteiger partial charge >= 0.3 is 5.97 Å². The molecule has 3 N–H and O–H groups in total. The molecule has 0 aliphatic carbocycles. The lowest BCUT2D eigenvalue weighted by molar-refractivity contribution is 0.0698. The number of carbonyl (C=O) groups excluding carboxylic acids is 1. The maximum absolute atomic E-state index is 11.3. The van der Waals surface area contributed by atoms with Crippen molar-refractivity contribution in [3.63, 3.8) is 0 Å². The van der Waals surface area contributed by atoms with Crippen LogP contribution in [0.1, 0.15) is 20.7 Å². The van der Waals surface area contributed by atoms with E-state index < -0.39 is 11.9 Å². The van der Waals surface area contributed by atoms with Crippen LogP contribution in [0.25, 0.3) is 44.1 Å². The smallest absolute Gasteiger partial charge is 0.337 e. The van der Waals surface area contributed by atoms with E-state index in [1.807, 2.05) is 54.6 Å². The predicted octanol–water partition coefficient (Wildman–Crippen LogP) is 4.36. The molecule has 2 aromatic heterocycles. The number of rotatable bonds is 2. The van der Waals surface area contributed by atoms with Crippen LogP contribution < -0.4 is 5.73 Å². The topological polar surface area (TPSA) is 132 Å². The molecule has 6 rings (SSSR count). The minimum atomic E-state index is -0.986. The lowest BCUT2D eigenvalue weighted by atomic mass is 10.1. The van der Waals surface area contributed by atoms with Gasteiger partial charge in [0.15, 0.2) is 0 Å². The number of nitrogens with two attached hydrogens (primary N) is 1. The van der Waals surface area contributed by atoms with Crippen LogP contribution in [0, 0.1) is 0 Å². The molecule has 0 aliphatic rings. The Kier molecular flexibility index (Phi) is 5.23. The molecule has 0 atom stereocenters. The van der Waals surface area contributed by atoms with Crippen LogP contribution in [0.4, 0.5) is 0 Å². The van der Waals surface area contributed by atoms with Crippen LogP contribution >= 0.6 is 0 Å². The van der Waals surface area contributed by atoms with E-state index in [-0.39, 0.29) is 5.56 Å². The quantitative estimate of drug-likeness (QED) is 0.377. The van der Waals surface area contributed by atoms with Gasteiger partial charge in [-0.3, -0.25) is 4.79 Å². The molecule has 164 valence electrons. The normalized spacial score (nSPS) is 10.8. The highest BCUT2D eigenvalue weighted by molar-refractivity contribution is 6.05. The van der Waals surface area contributed by atoms with Gasteiger partial charge in [-0.25, -0.2) is 24.7 Å². The SMILES string of the molecule is NC(=O)c1cccc2nc3ccccc3nc12.O=C(O)c1cccc2nc3ccccc3nc12. The van der Waals surface area contributed by atoms with Crippen molar-refractivity contribution in [3.8, 4) is 0 Å². The monoisotopic (exact) mass is 447 g/mol. The van der Waals surface area contributed by atoms with E-state index in [0.29, 0.717) is 33.1 Å². The third-order valence-corrected chi connectivity index (χ3v) is 5.24. The van der Waals surface area contributed by atoms with Gasteiger partial charge in [0.05, 0.1) is 44.2 Å². The first-order chi connectivity index (χ1) is 16.5. The number of hydrogen-bond donors (Lipinski definition) is 2. The molecule has 0 unspecified atom stereocenters. The molecule has 0 radical (unpaired) electrons. The van der Waals surface area contributed by atoms with Crippen LogP contribution in [0.15, 0.2) is 84.9 Å². The van der Waals surface area contributed by atoms with Crippen molar-refractivity contribution in [1.82, 2.24) is 19.9 Å². The van der Waals surface area contributed by atoms with E-state index in [9.17, 15) is 9.59 Å². The number of amides is 1. The second-order valence-corrected chi connectivity index (χ2v) is 7.44. The number of aromatic carboxylic acids is 1. The van der Waals surface area contributed by atoms with E-state index in [1.54, 1.807) is 24.3 Å². The summed E-state index contributed by atoms with van der Waals surface area (Å²) in [5, 5.41) is 9.09. The first-order valence-corrected chi connectivity index (χ1v) is 10.4. The number of para-hydroxylation sites is 6. The van der Waals surface area contributed by atoms with Gasteiger partial charge in [-0.15, -0.1) is 0 Å². The van der Waals surface area contributed by atoms with Gasteiger partial charge < -0.3 is 10.8 Å². The molecular formula is C26H17N5O3. The van der Waals surface area contributed by atoms with Crippen molar-refractivity contribution in [1.29, 1.82) is 0 Å². The Morgan fingerprint density at radius 1 is 0.529 bits per heavy atom. The predicted molar refractivity (Wildman–Crippen MR) is 130 cm³/mol. The Hall–Kier alpha value is -4.98. The Labute approximate surface area is 192 Å². The standard InChI is InChI=1S/C13H9N3O.C13H8N2O2/c14-13(17)8-4-3-7-11-12(8)16-10-6-2-1-5-9(10)15-11;16-13(17)8-4-3-7-11-12(8)15-10-6-2-1-5-9(10)14-11/h1-7H,(H2,14,17);1-7H,(H,16,17). The molecule has 0 aliphatic heterocycles. The second-order valence-electron chi connectivity index (χ2n) is 7.44. The molecule has 0 saturated carbocycles. The number of primary amides is 1. The summed E-state index contributed by atoms with van der Waals surface area (Å²) in [7, 11) is 0. The molecule has 8 heteroatoms. The number of aromatic nitrogens is 4. The van der Waals surface area contributed by atoms with E-state index in [2.05, 4.69) is 19.9 Å². The summed E-state index contributed by atoms with van der Waals surface area (Å²) >= 11 is 0. The molecule has 0 saturated heterocycles. The fourth-order valence-electron chi connectivity index (χ4n) is 3.66. The molecule has 2 heterocycles. The summed E-state index contributed by atoms with van der Waals surface area (Å²) < 4.78 is 0. The summed E-state index contributed by atoms with van der Waals surface area (Å²) in [5.41, 5.74) is 11.2. The molecule has 6 aromatic rings. The maximum atomic E-state index is 11.3. The highest BCUT2D eigenvalue weighted by Gasteiger charge is 2.11. The number of carbonyl (C=O) groups is 2. The third kappa shape index (κ3) is 3.84. The highest BCUT2D eigenvalue weighted by atomic mass is 16.4. The van der Waals surface area contributed by atoms with Crippen molar-refractivity contribution < 1.29 is 14.7 Å². The largest absolute Gasteiger partial charge is 0.478 e. The van der Waals surface area contributed by atoms with Crippen LogP contribution in [-0.4, -0.2) is 36.9 Å². The van der Waals surface area contributed by atoms with Gasteiger partial charge in [0, 0.05) is 0 Å². The lowest BCUT2D eigenvalue weighted by Gasteiger charge is -2.03. The number of hydrogen-bond acceptors (Lipinski definition) is 6. The van der Waals surface area contributed by atoms with Gasteiger partial charge in [0.2, 0.25) is 0 Å². The van der Waals surface area contributed by atoms with Gasteiger partial charge in [-0.1, -0.05) is 36.4 Å². The zero-order valence-corrected chi connectivity index (χ0v) is 17.7. The van der Waals surface area contributed by atoms with E-state index in [0.717, 1.165) is 16.6 Å². The summed E-state index contributed by atoms with van der Waals surface area (Å²) in [5.74, 6) is -1.47. The van der Waals surface area contributed by atoms with Crippen LogP contribution in [0.2, 0.25) is 0 Å². The van der Waals surface area contributed by atoms with Gasteiger partial charge in [0.25, 0.3) is 5.91 Å². The molecule has 0 fully saturated rings. The molecule has 4 aromatic carbocycles. The summed E-state index contributed by atoms with van der Waals surface area (Å²) in [6.45, 7) is 0. The second kappa shape index (κ2) is 8.51. The van der Waals surface area contributed by atoms with Crippen LogP contribution in [0.5, 0.6) is 0 Å². The van der Waals surface area contributed by atoms with E-state index in [1.165, 1.54) is 6.07 Å². The molecular weight excluding hydrogens is 430 g/mol. The zero-order chi connectivity index (χ0) is 23.7. The molecule has 0 bridgehead atoms. The summed E-state index contributed by atoms with van der Waals surface area (Å²) in [6.07, 6.45) is 0. The zero-order valence-electron chi connectivity index (χ0n) is 17.7. The number of carboxylic acid groups (broad SMARTS) is 1. The number of nitrogens with zero attached hydrogens (tertiary/aromatic N) is 4. The Balaban J connectivity index is 0.000000142. The third-order valence-electron chi connectivity index (χ3n) is 5.24. The minimum absolute atomic E-state index is 0.181. The minimum Gasteiger partial charge on any atom is -0.478 e. The summed E-state index contributed by atoms with van der Waals surface area (Å²) in [6, 6.07) is 25.2. The van der Waals surface area contributed by atoms with E-state index >= 15 is 0 Å². The van der Waals surface area contributed by atoms with Gasteiger partial charge in [-0.2, -0.15) is 0 Å². The number of benzene rings is 4. The number of carboxylic acids is 1. The van der Waals surface area contributed by atoms with Crippen molar-refractivity contribution in [3.05, 3.63) is 96.1 Å². The van der Waals surface area contributed by atoms with Gasteiger partial charge in [-0.05, 0) is 48.5 Å². The Morgan fingerprint density at radius 2 is 0.912 bits per heavy atom. The lowest BCUT2D eigenvalue weighted by Crippen LogP contribution is -2.12. The molecule has 34 heavy (non-hydrogen) atoms. The van der Waals surface area contributed by atoms with Crippen LogP contribution in [0.3, 0.4) is 0 Å². The Bertz CT molecular complexity index is 1600. The highest BCUT2D eigenvalue weighted by Crippen LogP contribution is 2.20. The van der Waals surface area contributed by atoms with Crippen molar-refractivity contribution in [2.24, 2.45) is 5.73 Å². The average Bonchev–Trinajstić information content (AvgIpc) is 2.85. The number of fused-ring (bicyclic) bond motifs is 4. The maximum Gasteiger partial charge on any atom is 0.337 e.